The predicted molar refractivity (Wildman–Crippen MR) is 163 cm³/mol. The first-order chi connectivity index (χ1) is 19.8. The Bertz CT molecular complexity index is 2230. The number of aromatic nitrogens is 1. The van der Waals surface area contributed by atoms with E-state index in [4.69, 9.17) is 6.57 Å². The van der Waals surface area contributed by atoms with Gasteiger partial charge in [0.05, 0.1) is 23.0 Å². The van der Waals surface area contributed by atoms with Gasteiger partial charge in [0.25, 0.3) is 0 Å². The van der Waals surface area contributed by atoms with E-state index in [1.54, 1.807) is 0 Å². The summed E-state index contributed by atoms with van der Waals surface area (Å²) in [6, 6.07) is 48.1. The summed E-state index contributed by atoms with van der Waals surface area (Å²) in [6.45, 7) is 7.83. The molecule has 1 spiro atoms. The van der Waals surface area contributed by atoms with Crippen LogP contribution in [0, 0.1) is 6.57 Å². The van der Waals surface area contributed by atoms with E-state index in [0.29, 0.717) is 5.69 Å². The van der Waals surface area contributed by atoms with Crippen molar-refractivity contribution in [3.05, 3.63) is 167 Å². The molecule has 0 aliphatic heterocycles. The largest absolute Gasteiger partial charge is 0.309 e. The second-order valence-electron chi connectivity index (χ2n) is 10.8. The first-order valence-electron chi connectivity index (χ1n) is 13.7. The Morgan fingerprint density at radius 3 is 1.88 bits per heavy atom. The van der Waals surface area contributed by atoms with E-state index in [-0.39, 0.29) is 0 Å². The Morgan fingerprint density at radius 1 is 0.475 bits per heavy atom. The molecule has 0 N–H and O–H groups in total. The number of benzene rings is 6. The van der Waals surface area contributed by atoms with Crippen LogP contribution in [0.1, 0.15) is 22.3 Å². The lowest BCUT2D eigenvalue weighted by Gasteiger charge is -2.30. The van der Waals surface area contributed by atoms with Crippen LogP contribution in [0.5, 0.6) is 0 Å². The lowest BCUT2D eigenvalue weighted by atomic mass is 9.70. The van der Waals surface area contributed by atoms with Gasteiger partial charge in [-0.25, -0.2) is 4.85 Å². The molecule has 0 amide bonds. The summed E-state index contributed by atoms with van der Waals surface area (Å²) in [5, 5.41) is 2.51. The van der Waals surface area contributed by atoms with E-state index in [1.807, 2.05) is 6.07 Å². The Morgan fingerprint density at radius 2 is 1.10 bits per heavy atom. The van der Waals surface area contributed by atoms with Gasteiger partial charge in [-0.3, -0.25) is 0 Å². The quantitative estimate of drug-likeness (QED) is 0.196. The highest BCUT2D eigenvalue weighted by molar-refractivity contribution is 6.12. The zero-order valence-corrected chi connectivity index (χ0v) is 21.6. The van der Waals surface area contributed by atoms with Crippen molar-refractivity contribution in [2.24, 2.45) is 0 Å². The number of hydrogen-bond donors (Lipinski definition) is 0. The monoisotopic (exact) mass is 506 g/mol. The minimum Gasteiger partial charge on any atom is -0.309 e. The third-order valence-corrected chi connectivity index (χ3v) is 9.01. The summed E-state index contributed by atoms with van der Waals surface area (Å²) in [4.78, 5) is 3.86. The van der Waals surface area contributed by atoms with E-state index in [2.05, 4.69) is 137 Å². The molecule has 2 nitrogen and oxygen atoms in total. The normalized spacial score (nSPS) is 16.1. The molecular weight excluding hydrogens is 484 g/mol. The number of rotatable bonds is 1. The van der Waals surface area contributed by atoms with Crippen LogP contribution in [0.3, 0.4) is 0 Å². The number of nitrogens with zero attached hydrogens (tertiary/aromatic N) is 2. The van der Waals surface area contributed by atoms with Crippen LogP contribution in [0.4, 0.5) is 5.69 Å². The molecule has 2 aliphatic carbocycles. The summed E-state index contributed by atoms with van der Waals surface area (Å²) in [5.74, 6) is 0. The second-order valence-corrected chi connectivity index (χ2v) is 10.8. The molecule has 6 aromatic carbocycles. The van der Waals surface area contributed by atoms with Crippen LogP contribution >= 0.6 is 0 Å². The zero-order valence-electron chi connectivity index (χ0n) is 21.6. The zero-order chi connectivity index (χ0) is 26.4. The van der Waals surface area contributed by atoms with Gasteiger partial charge in [-0.2, -0.15) is 0 Å². The second kappa shape index (κ2) is 7.59. The summed E-state index contributed by atoms with van der Waals surface area (Å²) >= 11 is 0. The van der Waals surface area contributed by atoms with E-state index < -0.39 is 5.41 Å². The van der Waals surface area contributed by atoms with E-state index in [0.717, 1.165) is 5.69 Å². The minimum absolute atomic E-state index is 0.481. The Balaban J connectivity index is 1.50. The molecule has 0 bridgehead atoms. The van der Waals surface area contributed by atoms with Crippen molar-refractivity contribution in [1.29, 1.82) is 0 Å². The van der Waals surface area contributed by atoms with Gasteiger partial charge in [-0.05, 0) is 74.8 Å². The molecule has 2 aliphatic rings. The van der Waals surface area contributed by atoms with E-state index in [1.165, 1.54) is 66.3 Å². The van der Waals surface area contributed by atoms with Gasteiger partial charge >= 0.3 is 0 Å². The van der Waals surface area contributed by atoms with Crippen molar-refractivity contribution < 1.29 is 0 Å². The lowest BCUT2D eigenvalue weighted by Crippen LogP contribution is -2.25. The smallest absolute Gasteiger partial charge is 0.187 e. The maximum atomic E-state index is 7.83. The number of hydrogen-bond acceptors (Lipinski definition) is 0. The van der Waals surface area contributed by atoms with Gasteiger partial charge in [0.2, 0.25) is 0 Å². The first-order valence-corrected chi connectivity index (χ1v) is 13.7. The fourth-order valence-electron chi connectivity index (χ4n) is 7.51. The summed E-state index contributed by atoms with van der Waals surface area (Å²) in [5.41, 5.74) is 13.8. The SMILES string of the molecule is [C-]#[N+]c1ccc2c(c1)C1(c3ccccc3-2)c2ccccc2-c2cc3c4ccccc4n(-c4ccccc4)c3cc21. The summed E-state index contributed by atoms with van der Waals surface area (Å²) < 4.78 is 2.40. The Labute approximate surface area is 232 Å². The number of fused-ring (bicyclic) bond motifs is 13. The standard InChI is InChI=1S/C38H22N2/c1-39-24-19-20-28-26-13-5-8-16-32(26)38(34(28)21-24)33-17-9-6-14-27(33)30-22-31-29-15-7-10-18-36(29)40(37(31)23-35(30)38)25-11-3-2-4-12-25/h2-23H. The summed E-state index contributed by atoms with van der Waals surface area (Å²) in [7, 11) is 0. The molecule has 0 radical (unpaired) electrons. The van der Waals surface area contributed by atoms with Crippen LogP contribution in [0.25, 0.3) is 54.6 Å². The highest BCUT2D eigenvalue weighted by Crippen LogP contribution is 2.63. The molecule has 0 fully saturated rings. The fourth-order valence-corrected chi connectivity index (χ4v) is 7.51. The van der Waals surface area contributed by atoms with E-state index in [9.17, 15) is 0 Å². The molecule has 1 heterocycles. The molecule has 1 atom stereocenters. The molecule has 0 saturated heterocycles. The third kappa shape index (κ3) is 2.48. The van der Waals surface area contributed by atoms with Crippen LogP contribution in [0.2, 0.25) is 0 Å². The van der Waals surface area contributed by atoms with Crippen molar-refractivity contribution in [1.82, 2.24) is 4.57 Å². The summed E-state index contributed by atoms with van der Waals surface area (Å²) in [6.07, 6.45) is 0. The molecule has 40 heavy (non-hydrogen) atoms. The molecule has 1 unspecified atom stereocenters. The average Bonchev–Trinajstić information content (AvgIpc) is 3.61. The van der Waals surface area contributed by atoms with Crippen molar-refractivity contribution in [3.63, 3.8) is 0 Å². The molecule has 184 valence electrons. The van der Waals surface area contributed by atoms with Crippen LogP contribution < -0.4 is 0 Å². The van der Waals surface area contributed by atoms with Crippen molar-refractivity contribution in [2.45, 2.75) is 5.41 Å². The average molecular weight is 507 g/mol. The van der Waals surface area contributed by atoms with Gasteiger partial charge in [-0.1, -0.05) is 103 Å². The Kier molecular flexibility index (Phi) is 4.09. The predicted octanol–water partition coefficient (Wildman–Crippen LogP) is 9.68. The molecule has 2 heteroatoms. The molecule has 7 aromatic rings. The molecule has 0 saturated carbocycles. The van der Waals surface area contributed by atoms with Crippen molar-refractivity contribution in [3.8, 4) is 27.9 Å². The fraction of sp³-hybridized carbons (Fsp3) is 0.0263. The van der Waals surface area contributed by atoms with Gasteiger partial charge in [0, 0.05) is 16.5 Å². The highest BCUT2D eigenvalue weighted by atomic mass is 15.0. The maximum Gasteiger partial charge on any atom is 0.187 e. The minimum atomic E-state index is -0.481. The first kappa shape index (κ1) is 21.5. The molecule has 1 aromatic heterocycles. The molecule has 9 rings (SSSR count). The van der Waals surface area contributed by atoms with Crippen LogP contribution in [-0.4, -0.2) is 4.57 Å². The maximum absolute atomic E-state index is 7.83. The van der Waals surface area contributed by atoms with Crippen LogP contribution in [0.15, 0.2) is 133 Å². The topological polar surface area (TPSA) is 9.29 Å². The third-order valence-electron chi connectivity index (χ3n) is 9.01. The molecular formula is C38H22N2. The van der Waals surface area contributed by atoms with Gasteiger partial charge in [-0.15, -0.1) is 0 Å². The van der Waals surface area contributed by atoms with Crippen LogP contribution in [-0.2, 0) is 5.41 Å². The number of para-hydroxylation sites is 2. The Hall–Kier alpha value is -5.39. The van der Waals surface area contributed by atoms with Crippen molar-refractivity contribution in [2.75, 3.05) is 0 Å². The van der Waals surface area contributed by atoms with Crippen molar-refractivity contribution >= 4 is 27.5 Å². The van der Waals surface area contributed by atoms with Gasteiger partial charge < -0.3 is 4.57 Å². The van der Waals surface area contributed by atoms with Gasteiger partial charge in [0.15, 0.2) is 5.69 Å². The van der Waals surface area contributed by atoms with Gasteiger partial charge in [0.1, 0.15) is 0 Å². The van der Waals surface area contributed by atoms with E-state index >= 15 is 0 Å². The lowest BCUT2D eigenvalue weighted by molar-refractivity contribution is 0.795. The highest BCUT2D eigenvalue weighted by Gasteiger charge is 2.51.